The molecule has 0 aromatic heterocycles. The van der Waals surface area contributed by atoms with Crippen molar-refractivity contribution in [2.24, 2.45) is 5.73 Å². The molecule has 6 heteroatoms. The summed E-state index contributed by atoms with van der Waals surface area (Å²) in [6.45, 7) is 1.21. The molecule has 0 aliphatic carbocycles. The molecule has 19 heavy (non-hydrogen) atoms. The molecule has 1 aromatic rings. The first-order valence-electron chi connectivity index (χ1n) is 6.20. The van der Waals surface area contributed by atoms with E-state index in [0.717, 1.165) is 25.5 Å². The Kier molecular flexibility index (Phi) is 4.34. The smallest absolute Gasteiger partial charge is 0.239 e. The fraction of sp³-hybridized carbons (Fsp3) is 0.462. The summed E-state index contributed by atoms with van der Waals surface area (Å²) in [7, 11) is 0. The second-order valence-electron chi connectivity index (χ2n) is 4.59. The SMILES string of the molecule is NC(=O)C(NCC1CCCO1)c1ccc(O)c(F)c1. The number of benzene rings is 1. The van der Waals surface area contributed by atoms with Crippen LogP contribution in [-0.4, -0.2) is 30.3 Å². The van der Waals surface area contributed by atoms with Gasteiger partial charge in [-0.3, -0.25) is 10.1 Å². The standard InChI is InChI=1S/C13H17FN2O3/c14-10-6-8(3-4-11(10)17)12(13(15)18)16-7-9-2-1-5-19-9/h3-4,6,9,12,16-17H,1-2,5,7H2,(H2,15,18). The number of carbonyl (C=O) groups is 1. The second-order valence-corrected chi connectivity index (χ2v) is 4.59. The summed E-state index contributed by atoms with van der Waals surface area (Å²) >= 11 is 0. The van der Waals surface area contributed by atoms with Crippen LogP contribution in [0.15, 0.2) is 18.2 Å². The highest BCUT2D eigenvalue weighted by molar-refractivity contribution is 5.81. The number of rotatable bonds is 5. The van der Waals surface area contributed by atoms with Gasteiger partial charge in [0.15, 0.2) is 11.6 Å². The van der Waals surface area contributed by atoms with Gasteiger partial charge in [0.25, 0.3) is 0 Å². The van der Waals surface area contributed by atoms with Crippen molar-refractivity contribution in [1.29, 1.82) is 0 Å². The Balaban J connectivity index is 2.05. The number of carbonyl (C=O) groups excluding carboxylic acids is 1. The molecule has 0 spiro atoms. The predicted octanol–water partition coefficient (Wildman–Crippen LogP) is 0.826. The van der Waals surface area contributed by atoms with Gasteiger partial charge in [-0.15, -0.1) is 0 Å². The summed E-state index contributed by atoms with van der Waals surface area (Å²) in [4.78, 5) is 11.4. The molecule has 0 saturated carbocycles. The van der Waals surface area contributed by atoms with E-state index in [1.54, 1.807) is 0 Å². The van der Waals surface area contributed by atoms with E-state index >= 15 is 0 Å². The third-order valence-electron chi connectivity index (χ3n) is 3.16. The molecule has 2 rings (SSSR count). The average molecular weight is 268 g/mol. The fourth-order valence-electron chi connectivity index (χ4n) is 2.14. The predicted molar refractivity (Wildman–Crippen MR) is 67.0 cm³/mol. The van der Waals surface area contributed by atoms with Gasteiger partial charge in [-0.1, -0.05) is 6.07 Å². The average Bonchev–Trinajstić information content (AvgIpc) is 2.86. The molecule has 1 aromatic carbocycles. The first-order chi connectivity index (χ1) is 9.08. The van der Waals surface area contributed by atoms with Crippen LogP contribution < -0.4 is 11.1 Å². The van der Waals surface area contributed by atoms with Crippen LogP contribution in [0.2, 0.25) is 0 Å². The lowest BCUT2D eigenvalue weighted by Gasteiger charge is -2.18. The van der Waals surface area contributed by atoms with Gasteiger partial charge in [0.05, 0.1) is 6.10 Å². The highest BCUT2D eigenvalue weighted by atomic mass is 19.1. The highest BCUT2D eigenvalue weighted by Gasteiger charge is 2.22. The van der Waals surface area contributed by atoms with E-state index in [1.165, 1.54) is 12.1 Å². The van der Waals surface area contributed by atoms with E-state index in [4.69, 9.17) is 15.6 Å². The number of primary amides is 1. The van der Waals surface area contributed by atoms with Crippen molar-refractivity contribution in [3.05, 3.63) is 29.6 Å². The molecule has 0 radical (unpaired) electrons. The Morgan fingerprint density at radius 1 is 1.63 bits per heavy atom. The zero-order chi connectivity index (χ0) is 13.8. The van der Waals surface area contributed by atoms with Crippen LogP contribution >= 0.6 is 0 Å². The number of phenols is 1. The van der Waals surface area contributed by atoms with E-state index in [9.17, 15) is 9.18 Å². The lowest BCUT2D eigenvalue weighted by molar-refractivity contribution is -0.120. The van der Waals surface area contributed by atoms with Gasteiger partial charge in [0.1, 0.15) is 6.04 Å². The Morgan fingerprint density at radius 3 is 3.00 bits per heavy atom. The molecule has 1 saturated heterocycles. The molecular weight excluding hydrogens is 251 g/mol. The van der Waals surface area contributed by atoms with Crippen LogP contribution in [-0.2, 0) is 9.53 Å². The Bertz CT molecular complexity index is 461. The van der Waals surface area contributed by atoms with E-state index in [2.05, 4.69) is 5.32 Å². The number of aromatic hydroxyl groups is 1. The molecule has 104 valence electrons. The maximum Gasteiger partial charge on any atom is 0.239 e. The number of nitrogens with two attached hydrogens (primary N) is 1. The maximum absolute atomic E-state index is 13.3. The minimum Gasteiger partial charge on any atom is -0.505 e. The lowest BCUT2D eigenvalue weighted by Crippen LogP contribution is -2.37. The number of amides is 1. The van der Waals surface area contributed by atoms with Gasteiger partial charge >= 0.3 is 0 Å². The summed E-state index contributed by atoms with van der Waals surface area (Å²) in [5, 5.41) is 12.1. The molecule has 1 fully saturated rings. The van der Waals surface area contributed by atoms with Crippen molar-refractivity contribution in [2.75, 3.05) is 13.2 Å². The van der Waals surface area contributed by atoms with Crippen LogP contribution in [0.25, 0.3) is 0 Å². The molecule has 0 bridgehead atoms. The molecule has 1 heterocycles. The van der Waals surface area contributed by atoms with E-state index in [-0.39, 0.29) is 6.10 Å². The topological polar surface area (TPSA) is 84.6 Å². The summed E-state index contributed by atoms with van der Waals surface area (Å²) in [5.74, 6) is -1.82. The van der Waals surface area contributed by atoms with Crippen LogP contribution in [0.1, 0.15) is 24.4 Å². The van der Waals surface area contributed by atoms with Crippen molar-refractivity contribution < 1.29 is 19.0 Å². The summed E-state index contributed by atoms with van der Waals surface area (Å²) in [6, 6.07) is 2.98. The van der Waals surface area contributed by atoms with Gasteiger partial charge in [0.2, 0.25) is 5.91 Å². The van der Waals surface area contributed by atoms with Gasteiger partial charge in [-0.25, -0.2) is 4.39 Å². The van der Waals surface area contributed by atoms with Crippen LogP contribution in [0, 0.1) is 5.82 Å². The zero-order valence-electron chi connectivity index (χ0n) is 10.4. The number of ether oxygens (including phenoxy) is 1. The van der Waals surface area contributed by atoms with E-state index < -0.39 is 23.5 Å². The molecule has 1 amide bonds. The molecule has 1 aliphatic heterocycles. The van der Waals surface area contributed by atoms with Crippen molar-refractivity contribution in [3.63, 3.8) is 0 Å². The fourth-order valence-corrected chi connectivity index (χ4v) is 2.14. The molecular formula is C13H17FN2O3. The van der Waals surface area contributed by atoms with Crippen molar-refractivity contribution in [3.8, 4) is 5.75 Å². The molecule has 1 aliphatic rings. The number of nitrogens with one attached hydrogen (secondary N) is 1. The van der Waals surface area contributed by atoms with Crippen molar-refractivity contribution in [2.45, 2.75) is 25.0 Å². The number of hydrogen-bond donors (Lipinski definition) is 3. The van der Waals surface area contributed by atoms with Gasteiger partial charge < -0.3 is 15.6 Å². The van der Waals surface area contributed by atoms with E-state index in [1.807, 2.05) is 0 Å². The summed E-state index contributed by atoms with van der Waals surface area (Å²) < 4.78 is 18.7. The first kappa shape index (κ1) is 13.8. The van der Waals surface area contributed by atoms with Crippen LogP contribution in [0.5, 0.6) is 5.75 Å². The zero-order valence-corrected chi connectivity index (χ0v) is 10.4. The Labute approximate surface area is 110 Å². The first-order valence-corrected chi connectivity index (χ1v) is 6.20. The second kappa shape index (κ2) is 5.99. The van der Waals surface area contributed by atoms with Gasteiger partial charge in [0, 0.05) is 13.2 Å². The Morgan fingerprint density at radius 2 is 2.42 bits per heavy atom. The molecule has 2 atom stereocenters. The molecule has 2 unspecified atom stereocenters. The minimum atomic E-state index is -0.792. The Hall–Kier alpha value is -1.66. The van der Waals surface area contributed by atoms with Gasteiger partial charge in [-0.05, 0) is 30.5 Å². The molecule has 4 N–H and O–H groups in total. The van der Waals surface area contributed by atoms with Crippen molar-refractivity contribution >= 4 is 5.91 Å². The molecule has 5 nitrogen and oxygen atoms in total. The largest absolute Gasteiger partial charge is 0.505 e. The third kappa shape index (κ3) is 3.42. The van der Waals surface area contributed by atoms with Crippen LogP contribution in [0.3, 0.4) is 0 Å². The monoisotopic (exact) mass is 268 g/mol. The number of hydrogen-bond acceptors (Lipinski definition) is 4. The maximum atomic E-state index is 13.3. The minimum absolute atomic E-state index is 0.0591. The summed E-state index contributed by atoms with van der Waals surface area (Å²) in [6.07, 6.45) is 1.99. The van der Waals surface area contributed by atoms with E-state index in [0.29, 0.717) is 12.1 Å². The summed E-state index contributed by atoms with van der Waals surface area (Å²) in [5.41, 5.74) is 5.70. The normalized spacial score (nSPS) is 20.4. The highest BCUT2D eigenvalue weighted by Crippen LogP contribution is 2.21. The van der Waals surface area contributed by atoms with Crippen LogP contribution in [0.4, 0.5) is 4.39 Å². The lowest BCUT2D eigenvalue weighted by atomic mass is 10.1. The number of phenolic OH excluding ortho intramolecular Hbond substituents is 1. The van der Waals surface area contributed by atoms with Crippen molar-refractivity contribution in [1.82, 2.24) is 5.32 Å². The quantitative estimate of drug-likeness (QED) is 0.738. The third-order valence-corrected chi connectivity index (χ3v) is 3.16. The van der Waals surface area contributed by atoms with Gasteiger partial charge in [-0.2, -0.15) is 0 Å². The number of halogens is 1.